The molecule has 8 heteroatoms. The van der Waals surface area contributed by atoms with Gasteiger partial charge in [-0.3, -0.25) is 4.79 Å². The molecule has 0 aliphatic carbocycles. The molecule has 144 valence electrons. The smallest absolute Gasteiger partial charge is 0.358 e. The van der Waals surface area contributed by atoms with Crippen LogP contribution in [0.5, 0.6) is 0 Å². The van der Waals surface area contributed by atoms with Gasteiger partial charge < -0.3 is 10.1 Å². The number of nitrogens with zero attached hydrogens (tertiary/aromatic N) is 2. The lowest BCUT2D eigenvalue weighted by molar-refractivity contribution is -0.123. The normalized spacial score (nSPS) is 11.7. The number of anilines is 1. The van der Waals surface area contributed by atoms with Crippen molar-refractivity contribution in [3.63, 3.8) is 0 Å². The summed E-state index contributed by atoms with van der Waals surface area (Å²) in [6.07, 6.45) is 1.45. The van der Waals surface area contributed by atoms with Crippen LogP contribution < -0.4 is 5.32 Å². The number of pyridine rings is 1. The molecule has 6 nitrogen and oxygen atoms in total. The minimum Gasteiger partial charge on any atom is -0.448 e. The molecule has 1 amide bonds. The van der Waals surface area contributed by atoms with E-state index < -0.39 is 18.0 Å². The van der Waals surface area contributed by atoms with Gasteiger partial charge in [0.15, 0.2) is 17.0 Å². The first-order chi connectivity index (χ1) is 13.5. The number of rotatable bonds is 6. The number of nitrogens with one attached hydrogen (secondary N) is 1. The number of esters is 1. The van der Waals surface area contributed by atoms with Crippen LogP contribution >= 0.6 is 22.9 Å². The third-order valence-electron chi connectivity index (χ3n) is 3.99. The van der Waals surface area contributed by atoms with Crippen molar-refractivity contribution in [1.29, 1.82) is 0 Å². The number of aromatic nitrogens is 2. The number of carbonyl (C=O) groups excluding carboxylic acids is 2. The lowest BCUT2D eigenvalue weighted by Gasteiger charge is -2.13. The fourth-order valence-electron chi connectivity index (χ4n) is 2.37. The number of hydrogen-bond acceptors (Lipinski definition) is 6. The molecule has 0 spiro atoms. The third kappa shape index (κ3) is 4.74. The highest BCUT2D eigenvalue weighted by molar-refractivity contribution is 7.13. The summed E-state index contributed by atoms with van der Waals surface area (Å²) in [5.74, 6) is -1.17. The molecule has 0 saturated carbocycles. The number of carbonyl (C=O) groups is 2. The quantitative estimate of drug-likeness (QED) is 0.469. The van der Waals surface area contributed by atoms with Crippen LogP contribution in [0.15, 0.2) is 48.0 Å². The maximum atomic E-state index is 12.3. The van der Waals surface area contributed by atoms with Gasteiger partial charge in [0.2, 0.25) is 0 Å². The first-order valence-corrected chi connectivity index (χ1v) is 9.91. The topological polar surface area (TPSA) is 81.2 Å². The maximum absolute atomic E-state index is 12.3. The van der Waals surface area contributed by atoms with Crippen LogP contribution in [-0.4, -0.2) is 27.9 Å². The van der Waals surface area contributed by atoms with Gasteiger partial charge in [-0.15, -0.1) is 11.3 Å². The highest BCUT2D eigenvalue weighted by Gasteiger charge is 2.22. The van der Waals surface area contributed by atoms with Crippen LogP contribution in [0.1, 0.15) is 29.9 Å². The second-order valence-electron chi connectivity index (χ2n) is 5.97. The van der Waals surface area contributed by atoms with Gasteiger partial charge in [-0.1, -0.05) is 42.8 Å². The number of halogens is 1. The van der Waals surface area contributed by atoms with E-state index in [0.29, 0.717) is 10.7 Å². The van der Waals surface area contributed by atoms with Gasteiger partial charge in [-0.2, -0.15) is 0 Å². The van der Waals surface area contributed by atoms with Crippen molar-refractivity contribution in [2.24, 2.45) is 0 Å². The summed E-state index contributed by atoms with van der Waals surface area (Å²) in [4.78, 5) is 32.8. The van der Waals surface area contributed by atoms with E-state index in [1.807, 2.05) is 24.3 Å². The minimum absolute atomic E-state index is 0.160. The van der Waals surface area contributed by atoms with Gasteiger partial charge in [-0.05, 0) is 31.0 Å². The highest BCUT2D eigenvalue weighted by atomic mass is 35.5. The van der Waals surface area contributed by atoms with Crippen molar-refractivity contribution in [2.75, 3.05) is 5.32 Å². The first-order valence-electron chi connectivity index (χ1n) is 8.65. The Morgan fingerprint density at radius 1 is 1.25 bits per heavy atom. The molecule has 3 rings (SSSR count). The predicted molar refractivity (Wildman–Crippen MR) is 110 cm³/mol. The molecule has 0 saturated heterocycles. The van der Waals surface area contributed by atoms with Crippen molar-refractivity contribution in [3.05, 3.63) is 64.4 Å². The summed E-state index contributed by atoms with van der Waals surface area (Å²) in [5.41, 5.74) is 2.67. The molecular weight excluding hydrogens is 398 g/mol. The number of hydrogen-bond donors (Lipinski definition) is 1. The second kappa shape index (κ2) is 8.95. The number of thiazole rings is 1. The SMILES string of the molecule is CCc1ccc(-c2nc(C(=O)O[C@H](C)C(=O)Nc3cccnc3Cl)cs2)cc1. The van der Waals surface area contributed by atoms with Gasteiger partial charge in [0.05, 0.1) is 5.69 Å². The molecule has 2 aromatic heterocycles. The van der Waals surface area contributed by atoms with Gasteiger partial charge >= 0.3 is 5.97 Å². The Morgan fingerprint density at radius 3 is 2.68 bits per heavy atom. The van der Waals surface area contributed by atoms with Crippen molar-refractivity contribution in [3.8, 4) is 10.6 Å². The van der Waals surface area contributed by atoms with E-state index in [0.717, 1.165) is 12.0 Å². The average Bonchev–Trinajstić information content (AvgIpc) is 3.20. The fourth-order valence-corrected chi connectivity index (χ4v) is 3.33. The summed E-state index contributed by atoms with van der Waals surface area (Å²) >= 11 is 7.26. The Morgan fingerprint density at radius 2 is 2.00 bits per heavy atom. The van der Waals surface area contributed by atoms with E-state index in [1.54, 1.807) is 17.5 Å². The molecule has 0 unspecified atom stereocenters. The van der Waals surface area contributed by atoms with Gasteiger partial charge in [0.1, 0.15) is 5.01 Å². The molecule has 28 heavy (non-hydrogen) atoms. The third-order valence-corrected chi connectivity index (χ3v) is 5.19. The zero-order chi connectivity index (χ0) is 20.1. The predicted octanol–water partition coefficient (Wildman–Crippen LogP) is 4.60. The van der Waals surface area contributed by atoms with Crippen molar-refractivity contribution in [2.45, 2.75) is 26.4 Å². The molecule has 0 aliphatic rings. The summed E-state index contributed by atoms with van der Waals surface area (Å²) in [6.45, 7) is 3.57. The molecule has 0 fully saturated rings. The Balaban J connectivity index is 1.63. The highest BCUT2D eigenvalue weighted by Crippen LogP contribution is 2.25. The van der Waals surface area contributed by atoms with E-state index in [1.165, 1.54) is 30.0 Å². The summed E-state index contributed by atoms with van der Waals surface area (Å²) in [7, 11) is 0. The number of aryl methyl sites for hydroxylation is 1. The summed E-state index contributed by atoms with van der Waals surface area (Å²) in [5, 5.41) is 5.08. The zero-order valence-electron chi connectivity index (χ0n) is 15.3. The largest absolute Gasteiger partial charge is 0.448 e. The van der Waals surface area contributed by atoms with Crippen molar-refractivity contribution >= 4 is 40.5 Å². The molecular formula is C20H18ClN3O3S. The monoisotopic (exact) mass is 415 g/mol. The van der Waals surface area contributed by atoms with E-state index in [2.05, 4.69) is 22.2 Å². The van der Waals surface area contributed by atoms with Crippen molar-refractivity contribution < 1.29 is 14.3 Å². The zero-order valence-corrected chi connectivity index (χ0v) is 16.9. The second-order valence-corrected chi connectivity index (χ2v) is 7.18. The van der Waals surface area contributed by atoms with Crippen LogP contribution in [0, 0.1) is 0 Å². The first kappa shape index (κ1) is 20.0. The number of benzene rings is 1. The fraction of sp³-hybridized carbons (Fsp3) is 0.200. The molecule has 1 atom stereocenters. The number of amides is 1. The van der Waals surface area contributed by atoms with Gasteiger partial charge in [-0.25, -0.2) is 14.8 Å². The van der Waals surface area contributed by atoms with Crippen LogP contribution in [0.4, 0.5) is 5.69 Å². The Bertz CT molecular complexity index is 988. The average molecular weight is 416 g/mol. The van der Waals surface area contributed by atoms with Crippen LogP contribution in [0.2, 0.25) is 5.15 Å². The molecule has 3 aromatic rings. The van der Waals surface area contributed by atoms with Crippen molar-refractivity contribution in [1.82, 2.24) is 9.97 Å². The van der Waals surface area contributed by atoms with Crippen LogP contribution in [0.25, 0.3) is 10.6 Å². The number of ether oxygens (including phenoxy) is 1. The van der Waals surface area contributed by atoms with Crippen LogP contribution in [-0.2, 0) is 16.0 Å². The maximum Gasteiger partial charge on any atom is 0.358 e. The molecule has 1 N–H and O–H groups in total. The molecule has 2 heterocycles. The van der Waals surface area contributed by atoms with E-state index in [9.17, 15) is 9.59 Å². The lowest BCUT2D eigenvalue weighted by atomic mass is 10.1. The van der Waals surface area contributed by atoms with Gasteiger partial charge in [0.25, 0.3) is 5.91 Å². The Hall–Kier alpha value is -2.77. The Kier molecular flexibility index (Phi) is 6.38. The minimum atomic E-state index is -1.02. The standard InChI is InChI=1S/C20H18ClN3O3S/c1-3-13-6-8-14(9-7-13)19-24-16(11-28-19)20(26)27-12(2)18(25)23-15-5-4-10-22-17(15)21/h4-12H,3H2,1-2H3,(H,23,25)/t12-/m1/s1. The molecule has 1 aromatic carbocycles. The molecule has 0 radical (unpaired) electrons. The summed E-state index contributed by atoms with van der Waals surface area (Å²) in [6, 6.07) is 11.3. The molecule has 0 bridgehead atoms. The molecule has 0 aliphatic heterocycles. The Labute approximate surface area is 171 Å². The van der Waals surface area contributed by atoms with Crippen LogP contribution in [0.3, 0.4) is 0 Å². The van der Waals surface area contributed by atoms with E-state index in [-0.39, 0.29) is 10.8 Å². The lowest BCUT2D eigenvalue weighted by Crippen LogP contribution is -2.30. The van der Waals surface area contributed by atoms with E-state index >= 15 is 0 Å². The van der Waals surface area contributed by atoms with Gasteiger partial charge in [0, 0.05) is 17.1 Å². The summed E-state index contributed by atoms with van der Waals surface area (Å²) < 4.78 is 5.23. The van der Waals surface area contributed by atoms with E-state index in [4.69, 9.17) is 16.3 Å².